The monoisotopic (exact) mass is 238 g/mol. The number of alkyl halides is 2. The minimum Gasteiger partial charge on any atom is -0.383 e. The van der Waals surface area contributed by atoms with Crippen LogP contribution in [0.25, 0.3) is 0 Å². The molecule has 1 aliphatic rings. The van der Waals surface area contributed by atoms with Crippen molar-refractivity contribution in [3.8, 4) is 0 Å². The lowest BCUT2D eigenvalue weighted by Gasteiger charge is -2.17. The zero-order valence-corrected chi connectivity index (χ0v) is 9.36. The first kappa shape index (κ1) is 13.1. The topological polar surface area (TPSA) is 42.0 Å². The largest absolute Gasteiger partial charge is 0.383 e. The summed E-state index contributed by atoms with van der Waals surface area (Å²) in [5.74, 6) is 0. The SMILES string of the molecule is COCCN1C(=O)N(CCOC)C(F)C1F. The van der Waals surface area contributed by atoms with Gasteiger partial charge in [-0.25, -0.2) is 13.6 Å². The molecule has 0 aromatic rings. The Morgan fingerprint density at radius 3 is 1.75 bits per heavy atom. The molecule has 0 aromatic heterocycles. The summed E-state index contributed by atoms with van der Waals surface area (Å²) in [6.45, 7) is 0.439. The van der Waals surface area contributed by atoms with Crippen molar-refractivity contribution in [2.75, 3.05) is 40.5 Å². The molecule has 7 heteroatoms. The summed E-state index contributed by atoms with van der Waals surface area (Å²) in [5, 5.41) is 0. The normalized spacial score (nSPS) is 25.6. The first-order valence-corrected chi connectivity index (χ1v) is 4.96. The molecule has 0 radical (unpaired) electrons. The van der Waals surface area contributed by atoms with Gasteiger partial charge in [0.1, 0.15) is 0 Å². The standard InChI is InChI=1S/C9H16F2N2O3/c1-15-5-3-12-7(10)8(11)13(9(12)14)4-6-16-2/h7-8H,3-6H2,1-2H3. The van der Waals surface area contributed by atoms with Crippen LogP contribution in [-0.2, 0) is 9.47 Å². The van der Waals surface area contributed by atoms with E-state index in [9.17, 15) is 13.6 Å². The molecule has 1 aliphatic heterocycles. The Balaban J connectivity index is 2.58. The lowest BCUT2D eigenvalue weighted by molar-refractivity contribution is 0.0308. The van der Waals surface area contributed by atoms with Crippen LogP contribution in [0.15, 0.2) is 0 Å². The highest BCUT2D eigenvalue weighted by Crippen LogP contribution is 2.24. The Bertz CT molecular complexity index is 221. The third-order valence-corrected chi connectivity index (χ3v) is 2.39. The van der Waals surface area contributed by atoms with E-state index in [1.807, 2.05) is 0 Å². The van der Waals surface area contributed by atoms with Gasteiger partial charge < -0.3 is 9.47 Å². The van der Waals surface area contributed by atoms with Crippen molar-refractivity contribution < 1.29 is 23.0 Å². The van der Waals surface area contributed by atoms with Crippen LogP contribution in [0.5, 0.6) is 0 Å². The number of hydrogen-bond donors (Lipinski definition) is 0. The number of nitrogens with zero attached hydrogens (tertiary/aromatic N) is 2. The predicted molar refractivity (Wildman–Crippen MR) is 52.4 cm³/mol. The van der Waals surface area contributed by atoms with Gasteiger partial charge in [-0.2, -0.15) is 0 Å². The molecule has 5 nitrogen and oxygen atoms in total. The number of urea groups is 1. The lowest BCUT2D eigenvalue weighted by Crippen LogP contribution is -2.37. The van der Waals surface area contributed by atoms with Crippen molar-refractivity contribution in [3.63, 3.8) is 0 Å². The molecular formula is C9H16F2N2O3. The first-order chi connectivity index (χ1) is 7.63. The summed E-state index contributed by atoms with van der Waals surface area (Å²) in [5.41, 5.74) is 0. The van der Waals surface area contributed by atoms with Crippen LogP contribution >= 0.6 is 0 Å². The second kappa shape index (κ2) is 5.95. The van der Waals surface area contributed by atoms with E-state index in [4.69, 9.17) is 9.47 Å². The van der Waals surface area contributed by atoms with E-state index >= 15 is 0 Å². The van der Waals surface area contributed by atoms with Gasteiger partial charge >= 0.3 is 6.03 Å². The van der Waals surface area contributed by atoms with E-state index in [-0.39, 0.29) is 26.3 Å². The highest BCUT2D eigenvalue weighted by Gasteiger charge is 2.46. The highest BCUT2D eigenvalue weighted by molar-refractivity contribution is 5.77. The van der Waals surface area contributed by atoms with Crippen LogP contribution in [0, 0.1) is 0 Å². The third-order valence-electron chi connectivity index (χ3n) is 2.39. The molecule has 0 aliphatic carbocycles. The van der Waals surface area contributed by atoms with Crippen molar-refractivity contribution in [1.29, 1.82) is 0 Å². The van der Waals surface area contributed by atoms with Crippen molar-refractivity contribution in [2.24, 2.45) is 0 Å². The molecule has 2 atom stereocenters. The fraction of sp³-hybridized carbons (Fsp3) is 0.889. The number of ether oxygens (including phenoxy) is 2. The number of amides is 2. The number of carbonyl (C=O) groups is 1. The quantitative estimate of drug-likeness (QED) is 0.637. The van der Waals surface area contributed by atoms with E-state index in [2.05, 4.69) is 0 Å². The number of methoxy groups -OCH3 is 2. The van der Waals surface area contributed by atoms with Gasteiger partial charge in [0.2, 0.25) is 12.6 Å². The molecule has 1 heterocycles. The summed E-state index contributed by atoms with van der Waals surface area (Å²) < 4.78 is 36.3. The minimum absolute atomic E-state index is 0.0421. The van der Waals surface area contributed by atoms with Crippen LogP contribution in [-0.4, -0.2) is 68.9 Å². The smallest absolute Gasteiger partial charge is 0.325 e. The van der Waals surface area contributed by atoms with Gasteiger partial charge in [-0.3, -0.25) is 9.80 Å². The van der Waals surface area contributed by atoms with Gasteiger partial charge in [0.15, 0.2) is 0 Å². The average molecular weight is 238 g/mol. The lowest BCUT2D eigenvalue weighted by atomic mass is 10.5. The molecule has 0 saturated carbocycles. The summed E-state index contributed by atoms with van der Waals surface area (Å²) >= 11 is 0. The zero-order valence-electron chi connectivity index (χ0n) is 9.36. The Morgan fingerprint density at radius 1 is 1.06 bits per heavy atom. The van der Waals surface area contributed by atoms with Gasteiger partial charge in [0.25, 0.3) is 0 Å². The number of hydrogen-bond acceptors (Lipinski definition) is 3. The van der Waals surface area contributed by atoms with Gasteiger partial charge in [-0.15, -0.1) is 0 Å². The van der Waals surface area contributed by atoms with E-state index < -0.39 is 18.6 Å². The second-order valence-electron chi connectivity index (χ2n) is 3.40. The summed E-state index contributed by atoms with van der Waals surface area (Å²) in [6, 6.07) is -0.658. The van der Waals surface area contributed by atoms with Crippen LogP contribution < -0.4 is 0 Å². The van der Waals surface area contributed by atoms with Crippen LogP contribution in [0.3, 0.4) is 0 Å². The maximum absolute atomic E-state index is 13.4. The molecule has 16 heavy (non-hydrogen) atoms. The summed E-state index contributed by atoms with van der Waals surface area (Å²) in [6.07, 6.45) is -3.86. The van der Waals surface area contributed by atoms with E-state index in [0.717, 1.165) is 9.80 Å². The Labute approximate surface area is 92.9 Å². The molecule has 0 spiro atoms. The molecule has 0 N–H and O–H groups in total. The molecular weight excluding hydrogens is 222 g/mol. The van der Waals surface area contributed by atoms with Gasteiger partial charge in [-0.05, 0) is 0 Å². The molecule has 2 unspecified atom stereocenters. The average Bonchev–Trinajstić information content (AvgIpc) is 2.47. The van der Waals surface area contributed by atoms with Gasteiger partial charge in [0, 0.05) is 27.3 Å². The predicted octanol–water partition coefficient (Wildman–Crippen LogP) is 0.608. The summed E-state index contributed by atoms with van der Waals surface area (Å²) in [7, 11) is 2.87. The van der Waals surface area contributed by atoms with Crippen molar-refractivity contribution in [1.82, 2.24) is 9.80 Å². The number of halogens is 2. The Hall–Kier alpha value is -0.950. The van der Waals surface area contributed by atoms with Crippen LogP contribution in [0.2, 0.25) is 0 Å². The highest BCUT2D eigenvalue weighted by atomic mass is 19.2. The van der Waals surface area contributed by atoms with Crippen LogP contribution in [0.1, 0.15) is 0 Å². The number of carbonyl (C=O) groups excluding carboxylic acids is 1. The molecule has 1 saturated heterocycles. The zero-order chi connectivity index (χ0) is 12.1. The van der Waals surface area contributed by atoms with Crippen molar-refractivity contribution >= 4 is 6.03 Å². The Kier molecular flexibility index (Phi) is 4.88. The molecule has 2 amide bonds. The molecule has 1 fully saturated rings. The third kappa shape index (κ3) is 2.59. The fourth-order valence-corrected chi connectivity index (χ4v) is 1.49. The van der Waals surface area contributed by atoms with Crippen LogP contribution in [0.4, 0.5) is 13.6 Å². The fourth-order valence-electron chi connectivity index (χ4n) is 1.49. The van der Waals surface area contributed by atoms with E-state index in [0.29, 0.717) is 0 Å². The van der Waals surface area contributed by atoms with Crippen molar-refractivity contribution in [2.45, 2.75) is 12.6 Å². The minimum atomic E-state index is -1.93. The van der Waals surface area contributed by atoms with Gasteiger partial charge in [0.05, 0.1) is 13.2 Å². The number of rotatable bonds is 6. The maximum atomic E-state index is 13.4. The van der Waals surface area contributed by atoms with E-state index in [1.54, 1.807) is 0 Å². The van der Waals surface area contributed by atoms with Gasteiger partial charge in [-0.1, -0.05) is 0 Å². The van der Waals surface area contributed by atoms with E-state index in [1.165, 1.54) is 14.2 Å². The Morgan fingerprint density at radius 2 is 1.44 bits per heavy atom. The van der Waals surface area contributed by atoms with Crippen molar-refractivity contribution in [3.05, 3.63) is 0 Å². The summed E-state index contributed by atoms with van der Waals surface area (Å²) in [4.78, 5) is 13.2. The molecule has 0 bridgehead atoms. The molecule has 0 aromatic carbocycles. The maximum Gasteiger partial charge on any atom is 0.325 e. The first-order valence-electron chi connectivity index (χ1n) is 4.96. The molecule has 94 valence electrons. The second-order valence-corrected chi connectivity index (χ2v) is 3.40. The molecule has 1 rings (SSSR count).